The summed E-state index contributed by atoms with van der Waals surface area (Å²) in [5.41, 5.74) is -8.54. The van der Waals surface area contributed by atoms with Crippen molar-refractivity contribution in [3.05, 3.63) is 0 Å². The number of hydrogen-bond donors (Lipinski definition) is 4. The van der Waals surface area contributed by atoms with Crippen LogP contribution in [0.2, 0.25) is 0 Å². The first-order chi connectivity index (χ1) is 38.9. The Labute approximate surface area is 515 Å². The van der Waals surface area contributed by atoms with Gasteiger partial charge in [-0.25, -0.2) is 0 Å². The number of hydroxylamine groups is 12. The minimum atomic E-state index is -0.730. The number of piperidine rings is 6. The van der Waals surface area contributed by atoms with E-state index in [0.717, 1.165) is 0 Å². The number of nitrogens with zero attached hydrogens (tertiary/aromatic N) is 14. The first-order valence-corrected chi connectivity index (χ1v) is 31.9. The zero-order chi connectivity index (χ0) is 64.5. The van der Waals surface area contributed by atoms with E-state index in [9.17, 15) is 31.2 Å². The summed E-state index contributed by atoms with van der Waals surface area (Å²) in [4.78, 5) is 35.8. The van der Waals surface area contributed by atoms with Gasteiger partial charge < -0.3 is 31.1 Å². The number of nitrogens with one attached hydrogen (secondary N) is 4. The fourth-order valence-electron chi connectivity index (χ4n) is 17.6. The molecule has 24 heteroatoms. The highest BCUT2D eigenvalue weighted by atomic mass is 16.5. The molecule has 86 heavy (non-hydrogen) atoms. The Hall–Kier alpha value is -3.66. The predicted molar refractivity (Wildman–Crippen MR) is 331 cm³/mol. The molecule has 2 aromatic rings. The van der Waals surface area contributed by atoms with Gasteiger partial charge in [0.25, 0.3) is 0 Å². The molecule has 0 bridgehead atoms. The monoisotopic (exact) mass is 1200 g/mol. The van der Waals surface area contributed by atoms with E-state index in [0.29, 0.717) is 126 Å². The minimum Gasteiger partial charge on any atom is -0.352 e. The van der Waals surface area contributed by atoms with E-state index in [4.69, 9.17) is 29.9 Å². The Kier molecular flexibility index (Phi) is 18.0. The van der Waals surface area contributed by atoms with Crippen LogP contribution in [-0.4, -0.2) is 176 Å². The van der Waals surface area contributed by atoms with Crippen molar-refractivity contribution in [3.8, 4) is 0 Å². The molecule has 6 fully saturated rings. The van der Waals surface area contributed by atoms with Crippen LogP contribution in [0.1, 0.15) is 243 Å². The van der Waals surface area contributed by atoms with Gasteiger partial charge in [0.15, 0.2) is 0 Å². The summed E-state index contributed by atoms with van der Waals surface area (Å²) in [5.74, 6) is 2.18. The Bertz CT molecular complexity index is 2360. The molecule has 0 saturated carbocycles. The van der Waals surface area contributed by atoms with Gasteiger partial charge in [-0.1, -0.05) is 0 Å². The Morgan fingerprint density at radius 1 is 0.291 bits per heavy atom. The molecule has 2 aromatic heterocycles. The number of aromatic nitrogens is 6. The highest BCUT2D eigenvalue weighted by Crippen LogP contribution is 2.49. The molecule has 6 radical (unpaired) electrons. The van der Waals surface area contributed by atoms with Crippen LogP contribution in [-0.2, 0) is 31.2 Å². The lowest BCUT2D eigenvalue weighted by Crippen LogP contribution is -2.67. The summed E-state index contributed by atoms with van der Waals surface area (Å²) >= 11 is 0. The third kappa shape index (κ3) is 13.8. The second kappa shape index (κ2) is 22.6. The zero-order valence-corrected chi connectivity index (χ0v) is 57.1. The van der Waals surface area contributed by atoms with Crippen molar-refractivity contribution in [1.29, 1.82) is 0 Å². The zero-order valence-electron chi connectivity index (χ0n) is 57.1. The highest BCUT2D eigenvalue weighted by molar-refractivity contribution is 5.49. The molecule has 6 aliphatic rings. The maximum atomic E-state index is 14.0. The van der Waals surface area contributed by atoms with E-state index in [1.807, 2.05) is 166 Å². The lowest BCUT2D eigenvalue weighted by atomic mass is 9.74. The molecule has 6 saturated heterocycles. The number of rotatable bonds is 15. The summed E-state index contributed by atoms with van der Waals surface area (Å²) in [7, 11) is 0. The fourth-order valence-corrected chi connectivity index (χ4v) is 17.6. The van der Waals surface area contributed by atoms with E-state index in [2.05, 4.69) is 31.1 Å². The van der Waals surface area contributed by atoms with Crippen LogP contribution in [0, 0.1) is 0 Å². The molecule has 24 nitrogen and oxygen atoms in total. The average Bonchev–Trinajstić information content (AvgIpc) is 0.789. The third-order valence-corrected chi connectivity index (χ3v) is 20.1. The van der Waals surface area contributed by atoms with Crippen LogP contribution >= 0.6 is 0 Å². The summed E-state index contributed by atoms with van der Waals surface area (Å²) in [6.45, 7) is 48.3. The molecule has 8 heterocycles. The van der Waals surface area contributed by atoms with E-state index < -0.39 is 66.5 Å². The molecule has 6 aliphatic heterocycles. The van der Waals surface area contributed by atoms with Crippen molar-refractivity contribution in [1.82, 2.24) is 60.3 Å². The molecule has 0 aromatic carbocycles. The first kappa shape index (κ1) is 68.3. The Balaban J connectivity index is 1.19. The number of hydrogen-bond acceptors (Lipinski definition) is 18. The van der Waals surface area contributed by atoms with Crippen LogP contribution < -0.4 is 31.1 Å². The second-order valence-electron chi connectivity index (χ2n) is 34.5. The van der Waals surface area contributed by atoms with Crippen LogP contribution in [0.15, 0.2) is 0 Å². The Morgan fingerprint density at radius 3 is 0.663 bits per heavy atom. The lowest BCUT2D eigenvalue weighted by molar-refractivity contribution is -0.294. The van der Waals surface area contributed by atoms with Crippen molar-refractivity contribution in [3.63, 3.8) is 0 Å². The quantitative estimate of drug-likeness (QED) is 0.121. The molecule has 0 spiro atoms. The standard InChI is InChI=1S/C62H110N18O6/c1-51(2)27-39(28-52(3,4)75(51)81)65-47-67-45(69-49(71-47)73(41-31-55(9,10)77(83)56(11,12)32-41)42-33-57(13,14)78(84)58(15,16)34-42)63-25-26-64-46-68-48(66-40-29-53(5,6)76(82)54(7,8)30-40)72-50(70-46)74(43-35-59(17,18)79(85)60(19,20)36-43)44-37-61(21,22)80(86)62(23,24)38-44/h39-44H,25-38H2,1-24H3,(H2,63,65,67,69,71)(H2,64,66,68,70,72). The van der Waals surface area contributed by atoms with Crippen molar-refractivity contribution >= 4 is 35.7 Å². The molecular formula is C62H110N18O6. The van der Waals surface area contributed by atoms with Crippen molar-refractivity contribution in [2.45, 2.75) is 346 Å². The van der Waals surface area contributed by atoms with E-state index >= 15 is 0 Å². The van der Waals surface area contributed by atoms with Gasteiger partial charge in [0.2, 0.25) is 35.7 Å². The maximum Gasteiger partial charge on any atom is 0.232 e. The topological polar surface area (TPSA) is 271 Å². The summed E-state index contributed by atoms with van der Waals surface area (Å²) < 4.78 is 0. The third-order valence-electron chi connectivity index (χ3n) is 20.1. The van der Waals surface area contributed by atoms with Crippen LogP contribution in [0.3, 0.4) is 0 Å². The largest absolute Gasteiger partial charge is 0.352 e. The number of anilines is 6. The lowest BCUT2D eigenvalue weighted by Gasteiger charge is -2.57. The molecule has 0 aliphatic carbocycles. The molecule has 0 unspecified atom stereocenters. The molecule has 0 amide bonds. The fraction of sp³-hybridized carbons (Fsp3) is 0.903. The van der Waals surface area contributed by atoms with E-state index in [1.165, 1.54) is 30.4 Å². The van der Waals surface area contributed by atoms with Crippen molar-refractivity contribution in [2.75, 3.05) is 44.2 Å². The molecular weight excluding hydrogens is 1090 g/mol. The van der Waals surface area contributed by atoms with Crippen molar-refractivity contribution < 1.29 is 31.2 Å². The van der Waals surface area contributed by atoms with Crippen LogP contribution in [0.25, 0.3) is 0 Å². The molecule has 8 rings (SSSR count). The van der Waals surface area contributed by atoms with Gasteiger partial charge in [-0.3, -0.25) is 0 Å². The van der Waals surface area contributed by atoms with Crippen LogP contribution in [0.4, 0.5) is 35.7 Å². The van der Waals surface area contributed by atoms with Gasteiger partial charge in [-0.05, 0) is 243 Å². The second-order valence-corrected chi connectivity index (χ2v) is 34.5. The maximum absolute atomic E-state index is 14.0. The highest BCUT2D eigenvalue weighted by Gasteiger charge is 2.56. The van der Waals surface area contributed by atoms with Gasteiger partial charge in [0.1, 0.15) is 0 Å². The smallest absolute Gasteiger partial charge is 0.232 e. The van der Waals surface area contributed by atoms with Gasteiger partial charge in [-0.2, -0.15) is 29.9 Å². The average molecular weight is 1200 g/mol. The van der Waals surface area contributed by atoms with E-state index in [1.54, 1.807) is 0 Å². The minimum absolute atomic E-state index is 0.160. The predicted octanol–water partition coefficient (Wildman–Crippen LogP) is 10.2. The van der Waals surface area contributed by atoms with Gasteiger partial charge in [0, 0.05) is 116 Å². The van der Waals surface area contributed by atoms with E-state index in [-0.39, 0.29) is 36.3 Å². The molecule has 484 valence electrons. The molecule has 4 N–H and O–H groups in total. The van der Waals surface area contributed by atoms with Crippen LogP contribution in [0.5, 0.6) is 0 Å². The van der Waals surface area contributed by atoms with Gasteiger partial charge in [0.05, 0.1) is 0 Å². The summed E-state index contributed by atoms with van der Waals surface area (Å²) in [6, 6.07) is -1.07. The Morgan fingerprint density at radius 2 is 0.465 bits per heavy atom. The first-order valence-electron chi connectivity index (χ1n) is 31.9. The SMILES string of the molecule is CC1(C)CC(Nc2nc(NCCNc3nc(NC4CC(C)(C)N([O])C(C)(C)C4)nc(N(C4CC(C)(C)N([O])C(C)(C)C4)C4CC(C)(C)N([O])C(C)(C)C4)n3)nc(N(C3CC(C)(C)N([O])C(C)(C)C3)C3CC(C)(C)N([O])C(C)(C)C3)n2)CC(C)(C)N1[O]. The summed E-state index contributed by atoms with van der Waals surface area (Å²) in [6.07, 6.45) is 6.40. The summed E-state index contributed by atoms with van der Waals surface area (Å²) in [5, 5.41) is 105. The van der Waals surface area contributed by atoms with Gasteiger partial charge in [-0.15, -0.1) is 61.6 Å². The van der Waals surface area contributed by atoms with Gasteiger partial charge >= 0.3 is 0 Å². The molecule has 0 atom stereocenters. The normalized spacial score (nSPS) is 28.2. The van der Waals surface area contributed by atoms with Crippen molar-refractivity contribution in [2.24, 2.45) is 0 Å².